The van der Waals surface area contributed by atoms with Crippen molar-refractivity contribution in [3.05, 3.63) is 28.2 Å². The Morgan fingerprint density at radius 2 is 2.25 bits per heavy atom. The van der Waals surface area contributed by atoms with E-state index in [-0.39, 0.29) is 11.2 Å². The molecule has 1 aliphatic heterocycles. The van der Waals surface area contributed by atoms with Crippen LogP contribution >= 0.6 is 35.0 Å². The second-order valence-electron chi connectivity index (χ2n) is 4.93. The molecule has 1 fully saturated rings. The fourth-order valence-corrected chi connectivity index (χ4v) is 3.76. The van der Waals surface area contributed by atoms with E-state index in [0.717, 1.165) is 24.4 Å². The van der Waals surface area contributed by atoms with Gasteiger partial charge in [0.05, 0.1) is 10.3 Å². The Kier molecular flexibility index (Phi) is 5.61. The Morgan fingerprint density at radius 1 is 1.50 bits per heavy atom. The number of amides is 1. The minimum absolute atomic E-state index is 0.125. The standard InChI is InChI=1S/C14H18Cl2N2OS/c1-9(14(19)18(2)11-5-6-17-8-11)20-13-7-10(15)3-4-12(13)16/h3-4,7,9,11,17H,5-6,8H2,1-2H3. The Morgan fingerprint density at radius 3 is 2.90 bits per heavy atom. The van der Waals surface area contributed by atoms with E-state index in [4.69, 9.17) is 23.2 Å². The third kappa shape index (κ3) is 3.82. The maximum atomic E-state index is 12.4. The molecule has 20 heavy (non-hydrogen) atoms. The number of hydrogen-bond donors (Lipinski definition) is 1. The lowest BCUT2D eigenvalue weighted by Gasteiger charge is -2.26. The van der Waals surface area contributed by atoms with E-state index >= 15 is 0 Å². The molecule has 0 bridgehead atoms. The van der Waals surface area contributed by atoms with Crippen molar-refractivity contribution in [3.8, 4) is 0 Å². The molecule has 110 valence electrons. The van der Waals surface area contributed by atoms with Crippen LogP contribution in [0.3, 0.4) is 0 Å². The van der Waals surface area contributed by atoms with E-state index in [1.165, 1.54) is 11.8 Å². The average Bonchev–Trinajstić information content (AvgIpc) is 2.95. The average molecular weight is 333 g/mol. The monoisotopic (exact) mass is 332 g/mol. The molecule has 0 saturated carbocycles. The summed E-state index contributed by atoms with van der Waals surface area (Å²) in [5.41, 5.74) is 0. The van der Waals surface area contributed by atoms with Crippen molar-refractivity contribution >= 4 is 40.9 Å². The molecule has 1 amide bonds. The Labute approximate surface area is 134 Å². The summed E-state index contributed by atoms with van der Waals surface area (Å²) >= 11 is 13.6. The normalized spacial score (nSPS) is 19.9. The molecule has 3 nitrogen and oxygen atoms in total. The molecule has 1 aromatic carbocycles. The number of thioether (sulfide) groups is 1. The van der Waals surface area contributed by atoms with Gasteiger partial charge < -0.3 is 10.2 Å². The van der Waals surface area contributed by atoms with Crippen LogP contribution in [0.15, 0.2) is 23.1 Å². The van der Waals surface area contributed by atoms with Crippen molar-refractivity contribution in [3.63, 3.8) is 0 Å². The minimum atomic E-state index is -0.184. The van der Waals surface area contributed by atoms with Crippen LogP contribution in [0.25, 0.3) is 0 Å². The molecule has 2 unspecified atom stereocenters. The summed E-state index contributed by atoms with van der Waals surface area (Å²) in [7, 11) is 1.87. The van der Waals surface area contributed by atoms with Gasteiger partial charge in [0.2, 0.25) is 5.91 Å². The SMILES string of the molecule is CC(Sc1cc(Cl)ccc1Cl)C(=O)N(C)C1CCNC1. The highest BCUT2D eigenvalue weighted by molar-refractivity contribution is 8.00. The van der Waals surface area contributed by atoms with E-state index in [9.17, 15) is 4.79 Å². The molecule has 0 aromatic heterocycles. The Bertz CT molecular complexity index is 492. The minimum Gasteiger partial charge on any atom is -0.340 e. The summed E-state index contributed by atoms with van der Waals surface area (Å²) < 4.78 is 0. The fraction of sp³-hybridized carbons (Fsp3) is 0.500. The van der Waals surface area contributed by atoms with Crippen LogP contribution in [-0.2, 0) is 4.79 Å². The molecule has 1 saturated heterocycles. The quantitative estimate of drug-likeness (QED) is 0.858. The van der Waals surface area contributed by atoms with Crippen molar-refractivity contribution in [2.45, 2.75) is 29.5 Å². The molecule has 1 aliphatic rings. The number of likely N-dealkylation sites (N-methyl/N-ethyl adjacent to an activating group) is 1. The van der Waals surface area contributed by atoms with Crippen LogP contribution < -0.4 is 5.32 Å². The van der Waals surface area contributed by atoms with Crippen LogP contribution in [-0.4, -0.2) is 42.2 Å². The van der Waals surface area contributed by atoms with Gasteiger partial charge >= 0.3 is 0 Å². The second kappa shape index (κ2) is 7.03. The zero-order valence-electron chi connectivity index (χ0n) is 11.5. The molecule has 2 atom stereocenters. The highest BCUT2D eigenvalue weighted by atomic mass is 35.5. The molecule has 2 rings (SSSR count). The predicted molar refractivity (Wildman–Crippen MR) is 85.8 cm³/mol. The van der Waals surface area contributed by atoms with Gasteiger partial charge in [0.15, 0.2) is 0 Å². The second-order valence-corrected chi connectivity index (χ2v) is 7.16. The zero-order valence-corrected chi connectivity index (χ0v) is 13.9. The molecular formula is C14H18Cl2N2OS. The molecule has 0 radical (unpaired) electrons. The van der Waals surface area contributed by atoms with Gasteiger partial charge in [-0.2, -0.15) is 0 Å². The number of hydrogen-bond acceptors (Lipinski definition) is 3. The van der Waals surface area contributed by atoms with E-state index in [2.05, 4.69) is 5.32 Å². The lowest BCUT2D eigenvalue weighted by molar-refractivity contribution is -0.130. The van der Waals surface area contributed by atoms with Gasteiger partial charge in [-0.1, -0.05) is 23.2 Å². The van der Waals surface area contributed by atoms with Crippen LogP contribution in [0.2, 0.25) is 10.0 Å². The van der Waals surface area contributed by atoms with Crippen LogP contribution in [0, 0.1) is 0 Å². The molecule has 1 heterocycles. The predicted octanol–water partition coefficient (Wildman–Crippen LogP) is 3.29. The highest BCUT2D eigenvalue weighted by Crippen LogP contribution is 2.33. The molecule has 6 heteroatoms. The van der Waals surface area contributed by atoms with Crippen molar-refractivity contribution in [1.29, 1.82) is 0 Å². The first-order valence-corrected chi connectivity index (χ1v) is 8.21. The first kappa shape index (κ1) is 16.0. The summed E-state index contributed by atoms with van der Waals surface area (Å²) in [5.74, 6) is 0.125. The summed E-state index contributed by atoms with van der Waals surface area (Å²) in [6, 6.07) is 5.60. The molecule has 1 aromatic rings. The molecular weight excluding hydrogens is 315 g/mol. The van der Waals surface area contributed by atoms with E-state index in [1.807, 2.05) is 18.9 Å². The number of rotatable bonds is 4. The highest BCUT2D eigenvalue weighted by Gasteiger charge is 2.27. The van der Waals surface area contributed by atoms with E-state index < -0.39 is 0 Å². The van der Waals surface area contributed by atoms with Crippen LogP contribution in [0.1, 0.15) is 13.3 Å². The van der Waals surface area contributed by atoms with Gasteiger partial charge in [-0.3, -0.25) is 4.79 Å². The third-order valence-corrected chi connectivity index (χ3v) is 5.30. The van der Waals surface area contributed by atoms with Gasteiger partial charge in [-0.15, -0.1) is 11.8 Å². The number of benzene rings is 1. The number of carbonyl (C=O) groups excluding carboxylic acids is 1. The summed E-state index contributed by atoms with van der Waals surface area (Å²) in [4.78, 5) is 15.1. The first-order valence-electron chi connectivity index (χ1n) is 6.58. The number of halogens is 2. The van der Waals surface area contributed by atoms with Gasteiger partial charge in [0.25, 0.3) is 0 Å². The third-order valence-electron chi connectivity index (χ3n) is 3.47. The van der Waals surface area contributed by atoms with Gasteiger partial charge in [0, 0.05) is 29.6 Å². The summed E-state index contributed by atoms with van der Waals surface area (Å²) in [6.07, 6.45) is 1.01. The van der Waals surface area contributed by atoms with E-state index in [0.29, 0.717) is 16.1 Å². The van der Waals surface area contributed by atoms with E-state index in [1.54, 1.807) is 18.2 Å². The van der Waals surface area contributed by atoms with Gasteiger partial charge in [0.1, 0.15) is 0 Å². The lowest BCUT2D eigenvalue weighted by Crippen LogP contribution is -2.42. The first-order chi connectivity index (χ1) is 9.49. The fourth-order valence-electron chi connectivity index (χ4n) is 2.25. The maximum Gasteiger partial charge on any atom is 0.235 e. The molecule has 0 spiro atoms. The largest absolute Gasteiger partial charge is 0.340 e. The maximum absolute atomic E-state index is 12.4. The Hall–Kier alpha value is -0.420. The zero-order chi connectivity index (χ0) is 14.7. The number of carbonyl (C=O) groups is 1. The van der Waals surface area contributed by atoms with Gasteiger partial charge in [-0.05, 0) is 38.1 Å². The van der Waals surface area contributed by atoms with Crippen molar-refractivity contribution in [2.75, 3.05) is 20.1 Å². The lowest BCUT2D eigenvalue weighted by atomic mass is 10.2. The van der Waals surface area contributed by atoms with Crippen LogP contribution in [0.5, 0.6) is 0 Å². The Balaban J connectivity index is 2.01. The molecule has 0 aliphatic carbocycles. The van der Waals surface area contributed by atoms with Gasteiger partial charge in [-0.25, -0.2) is 0 Å². The van der Waals surface area contributed by atoms with Crippen molar-refractivity contribution in [1.82, 2.24) is 10.2 Å². The van der Waals surface area contributed by atoms with Crippen LogP contribution in [0.4, 0.5) is 0 Å². The van der Waals surface area contributed by atoms with Crippen molar-refractivity contribution in [2.24, 2.45) is 0 Å². The summed E-state index contributed by atoms with van der Waals surface area (Å²) in [6.45, 7) is 3.75. The van der Waals surface area contributed by atoms with Crippen molar-refractivity contribution < 1.29 is 4.79 Å². The number of nitrogens with one attached hydrogen (secondary N) is 1. The summed E-state index contributed by atoms with van der Waals surface area (Å²) in [5, 5.41) is 4.35. The molecule has 1 N–H and O–H groups in total. The number of nitrogens with zero attached hydrogens (tertiary/aromatic N) is 1. The smallest absolute Gasteiger partial charge is 0.235 e. The topological polar surface area (TPSA) is 32.3 Å².